The Morgan fingerprint density at radius 1 is 1.64 bits per heavy atom. The second-order valence-electron chi connectivity index (χ2n) is 3.15. The molecule has 0 bridgehead atoms. The van der Waals surface area contributed by atoms with Gasteiger partial charge in [0.25, 0.3) is 0 Å². The second-order valence-corrected chi connectivity index (χ2v) is 3.97. The third-order valence-corrected chi connectivity index (χ3v) is 2.74. The van der Waals surface area contributed by atoms with Gasteiger partial charge in [0.15, 0.2) is 0 Å². The van der Waals surface area contributed by atoms with E-state index in [0.717, 1.165) is 17.0 Å². The van der Waals surface area contributed by atoms with Crippen molar-refractivity contribution in [3.63, 3.8) is 0 Å². The van der Waals surface area contributed by atoms with Crippen molar-refractivity contribution in [3.8, 4) is 0 Å². The Kier molecular flexibility index (Phi) is 2.41. The van der Waals surface area contributed by atoms with Crippen LogP contribution < -0.4 is 4.90 Å². The van der Waals surface area contributed by atoms with Crippen LogP contribution in [-0.2, 0) is 4.79 Å². The summed E-state index contributed by atoms with van der Waals surface area (Å²) in [7, 11) is 0. The predicted molar refractivity (Wildman–Crippen MR) is 55.3 cm³/mol. The van der Waals surface area contributed by atoms with Crippen molar-refractivity contribution in [3.05, 3.63) is 22.8 Å². The number of aliphatic carboxylic acids is 1. The zero-order valence-corrected chi connectivity index (χ0v) is 8.94. The molecule has 1 aliphatic heterocycles. The van der Waals surface area contributed by atoms with Crippen molar-refractivity contribution in [2.45, 2.75) is 12.5 Å². The Bertz CT molecular complexity index is 370. The van der Waals surface area contributed by atoms with E-state index in [1.54, 1.807) is 4.90 Å². The van der Waals surface area contributed by atoms with Gasteiger partial charge in [-0.05, 0) is 34.5 Å². The third-order valence-electron chi connectivity index (χ3n) is 2.30. The van der Waals surface area contributed by atoms with Crippen molar-refractivity contribution in [1.82, 2.24) is 4.98 Å². The fourth-order valence-corrected chi connectivity index (χ4v) is 1.81. The molecule has 1 atom stereocenters. The van der Waals surface area contributed by atoms with Crippen LogP contribution in [0.5, 0.6) is 0 Å². The summed E-state index contributed by atoms with van der Waals surface area (Å²) < 4.78 is 0.728. The minimum atomic E-state index is -0.780. The topological polar surface area (TPSA) is 53.4 Å². The molecule has 1 aromatic rings. The van der Waals surface area contributed by atoms with Gasteiger partial charge in [-0.15, -0.1) is 0 Å². The van der Waals surface area contributed by atoms with Gasteiger partial charge >= 0.3 is 5.97 Å². The number of halogens is 1. The number of pyridine rings is 1. The van der Waals surface area contributed by atoms with Crippen LogP contribution in [0, 0.1) is 0 Å². The molecular weight excluding hydrogens is 248 g/mol. The number of hydrogen-bond acceptors (Lipinski definition) is 3. The lowest BCUT2D eigenvalue weighted by Crippen LogP contribution is -2.52. The lowest BCUT2D eigenvalue weighted by Gasteiger charge is -2.38. The average Bonchev–Trinajstić information content (AvgIpc) is 2.00. The highest BCUT2D eigenvalue weighted by molar-refractivity contribution is 9.10. The summed E-state index contributed by atoms with van der Waals surface area (Å²) in [6.45, 7) is 0.764. The number of anilines is 1. The molecule has 4 nitrogen and oxygen atoms in total. The van der Waals surface area contributed by atoms with Gasteiger partial charge < -0.3 is 10.0 Å². The van der Waals surface area contributed by atoms with E-state index in [1.165, 1.54) is 0 Å². The number of carbonyl (C=O) groups is 1. The maximum absolute atomic E-state index is 10.8. The van der Waals surface area contributed by atoms with E-state index in [1.807, 2.05) is 18.2 Å². The number of carboxylic acid groups (broad SMARTS) is 1. The summed E-state index contributed by atoms with van der Waals surface area (Å²) in [5, 5.41) is 8.85. The molecule has 1 aromatic heterocycles. The monoisotopic (exact) mass is 256 g/mol. The van der Waals surface area contributed by atoms with Crippen molar-refractivity contribution < 1.29 is 9.90 Å². The van der Waals surface area contributed by atoms with Crippen LogP contribution in [0.25, 0.3) is 0 Å². The van der Waals surface area contributed by atoms with Crippen molar-refractivity contribution in [2.24, 2.45) is 0 Å². The molecule has 0 saturated carbocycles. The molecular formula is C9H9BrN2O2. The first-order valence-corrected chi connectivity index (χ1v) is 5.10. The summed E-state index contributed by atoms with van der Waals surface area (Å²) in [5.41, 5.74) is 0. The van der Waals surface area contributed by atoms with Crippen molar-refractivity contribution in [2.75, 3.05) is 11.4 Å². The Morgan fingerprint density at radius 2 is 2.43 bits per heavy atom. The molecule has 2 rings (SSSR count). The van der Waals surface area contributed by atoms with Gasteiger partial charge in [-0.3, -0.25) is 0 Å². The van der Waals surface area contributed by atoms with Crippen LogP contribution in [0.15, 0.2) is 22.8 Å². The molecule has 74 valence electrons. The lowest BCUT2D eigenvalue weighted by molar-refractivity contribution is -0.140. The Morgan fingerprint density at radius 3 is 2.93 bits per heavy atom. The third kappa shape index (κ3) is 1.59. The quantitative estimate of drug-likeness (QED) is 0.816. The first kappa shape index (κ1) is 9.45. The van der Waals surface area contributed by atoms with Crippen LogP contribution in [0.2, 0.25) is 0 Å². The largest absolute Gasteiger partial charge is 0.480 e. The average molecular weight is 257 g/mol. The minimum absolute atomic E-state index is 0.406. The van der Waals surface area contributed by atoms with E-state index < -0.39 is 12.0 Å². The second kappa shape index (κ2) is 3.57. The molecule has 0 spiro atoms. The summed E-state index contributed by atoms with van der Waals surface area (Å²) in [6, 6.07) is 5.08. The molecule has 1 N–H and O–H groups in total. The fraction of sp³-hybridized carbons (Fsp3) is 0.333. The van der Waals surface area contributed by atoms with Gasteiger partial charge in [0.1, 0.15) is 16.5 Å². The molecule has 0 unspecified atom stereocenters. The van der Waals surface area contributed by atoms with E-state index in [9.17, 15) is 4.79 Å². The number of hydrogen-bond donors (Lipinski definition) is 1. The highest BCUT2D eigenvalue weighted by atomic mass is 79.9. The number of rotatable bonds is 2. The van der Waals surface area contributed by atoms with Gasteiger partial charge in [0.2, 0.25) is 0 Å². The van der Waals surface area contributed by atoms with E-state index in [0.29, 0.717) is 6.42 Å². The van der Waals surface area contributed by atoms with Gasteiger partial charge in [-0.1, -0.05) is 6.07 Å². The van der Waals surface area contributed by atoms with Crippen LogP contribution in [0.4, 0.5) is 5.82 Å². The number of aromatic nitrogens is 1. The lowest BCUT2D eigenvalue weighted by atomic mass is 10.0. The van der Waals surface area contributed by atoms with Crippen LogP contribution in [-0.4, -0.2) is 28.6 Å². The molecule has 2 heterocycles. The van der Waals surface area contributed by atoms with E-state index in [4.69, 9.17) is 5.11 Å². The van der Waals surface area contributed by atoms with E-state index in [-0.39, 0.29) is 0 Å². The van der Waals surface area contributed by atoms with E-state index in [2.05, 4.69) is 20.9 Å². The molecule has 0 aliphatic carbocycles. The van der Waals surface area contributed by atoms with Gasteiger partial charge in [0.05, 0.1) is 0 Å². The standard InChI is InChI=1S/C9H9BrN2O2/c10-7-2-1-3-8(11-7)12-5-4-6(12)9(13)14/h1-3,6H,4-5H2,(H,13,14)/t6-/m0/s1. The van der Waals surface area contributed by atoms with Crippen LogP contribution in [0.3, 0.4) is 0 Å². The van der Waals surface area contributed by atoms with Gasteiger partial charge in [-0.2, -0.15) is 0 Å². The summed E-state index contributed by atoms with van der Waals surface area (Å²) in [6.07, 6.45) is 0.698. The van der Waals surface area contributed by atoms with Gasteiger partial charge in [-0.25, -0.2) is 9.78 Å². The molecule has 0 amide bonds. The van der Waals surface area contributed by atoms with Crippen molar-refractivity contribution in [1.29, 1.82) is 0 Å². The molecule has 5 heteroatoms. The SMILES string of the molecule is O=C(O)[C@@H]1CCN1c1cccc(Br)n1. The smallest absolute Gasteiger partial charge is 0.326 e. The number of carboxylic acids is 1. The zero-order valence-electron chi connectivity index (χ0n) is 7.35. The Balaban J connectivity index is 2.20. The predicted octanol–water partition coefficient (Wildman–Crippen LogP) is 1.51. The minimum Gasteiger partial charge on any atom is -0.480 e. The van der Waals surface area contributed by atoms with E-state index >= 15 is 0 Å². The highest BCUT2D eigenvalue weighted by Crippen LogP contribution is 2.25. The molecule has 1 aliphatic rings. The Hall–Kier alpha value is -1.10. The van der Waals surface area contributed by atoms with Crippen LogP contribution >= 0.6 is 15.9 Å². The van der Waals surface area contributed by atoms with Gasteiger partial charge in [0, 0.05) is 6.54 Å². The maximum Gasteiger partial charge on any atom is 0.326 e. The Labute approximate surface area is 89.7 Å². The first-order chi connectivity index (χ1) is 6.68. The molecule has 14 heavy (non-hydrogen) atoms. The van der Waals surface area contributed by atoms with Crippen molar-refractivity contribution >= 4 is 27.7 Å². The fourth-order valence-electron chi connectivity index (χ4n) is 1.48. The molecule has 0 radical (unpaired) electrons. The normalized spacial score (nSPS) is 20.4. The zero-order chi connectivity index (χ0) is 10.1. The first-order valence-electron chi connectivity index (χ1n) is 4.30. The molecule has 1 fully saturated rings. The molecule has 1 saturated heterocycles. The summed E-state index contributed by atoms with van der Waals surface area (Å²) >= 11 is 3.26. The highest BCUT2D eigenvalue weighted by Gasteiger charge is 2.34. The maximum atomic E-state index is 10.8. The summed E-state index contributed by atoms with van der Waals surface area (Å²) in [4.78, 5) is 16.8. The summed E-state index contributed by atoms with van der Waals surface area (Å²) in [5.74, 6) is -0.0592. The molecule has 0 aromatic carbocycles. The number of nitrogens with zero attached hydrogens (tertiary/aromatic N) is 2. The van der Waals surface area contributed by atoms with Crippen LogP contribution in [0.1, 0.15) is 6.42 Å².